The highest BCUT2D eigenvalue weighted by Gasteiger charge is 2.20. The van der Waals surface area contributed by atoms with Crippen LogP contribution < -0.4 is 5.32 Å². The molecule has 0 aliphatic carbocycles. The number of amides is 1. The van der Waals surface area contributed by atoms with Crippen molar-refractivity contribution in [2.24, 2.45) is 0 Å². The molecule has 1 N–H and O–H groups in total. The summed E-state index contributed by atoms with van der Waals surface area (Å²) < 4.78 is 10.7. The summed E-state index contributed by atoms with van der Waals surface area (Å²) in [6.45, 7) is 3.27. The highest BCUT2D eigenvalue weighted by Crippen LogP contribution is 2.26. The van der Waals surface area contributed by atoms with Crippen LogP contribution in [0.2, 0.25) is 0 Å². The Morgan fingerprint density at radius 1 is 1.17 bits per heavy atom. The SMILES string of the molecule is CC(=O)c1cccc(NC(=O)c2ncoc2-c2ccc(C)o2)c1. The lowest BCUT2D eigenvalue weighted by Gasteiger charge is -2.05. The molecule has 0 aliphatic rings. The third-order valence-corrected chi connectivity index (χ3v) is 3.27. The number of furan rings is 1. The van der Waals surface area contributed by atoms with Gasteiger partial charge in [-0.25, -0.2) is 4.98 Å². The van der Waals surface area contributed by atoms with Crippen LogP contribution in [0.1, 0.15) is 33.5 Å². The van der Waals surface area contributed by atoms with Crippen molar-refractivity contribution in [1.82, 2.24) is 4.98 Å². The third kappa shape index (κ3) is 3.06. The summed E-state index contributed by atoms with van der Waals surface area (Å²) in [4.78, 5) is 27.7. The molecule has 0 bridgehead atoms. The van der Waals surface area contributed by atoms with Crippen LogP contribution in [-0.2, 0) is 0 Å². The van der Waals surface area contributed by atoms with E-state index in [0.29, 0.717) is 22.8 Å². The van der Waals surface area contributed by atoms with Crippen molar-refractivity contribution in [3.05, 3.63) is 59.8 Å². The van der Waals surface area contributed by atoms with E-state index >= 15 is 0 Å². The Balaban J connectivity index is 1.86. The predicted molar refractivity (Wildman–Crippen MR) is 83.3 cm³/mol. The first-order valence-electron chi connectivity index (χ1n) is 6.97. The minimum atomic E-state index is -0.441. The molecule has 0 fully saturated rings. The first-order valence-corrected chi connectivity index (χ1v) is 6.97. The van der Waals surface area contributed by atoms with Crippen molar-refractivity contribution in [1.29, 1.82) is 0 Å². The van der Waals surface area contributed by atoms with Gasteiger partial charge in [0.05, 0.1) is 0 Å². The number of nitrogens with zero attached hydrogens (tertiary/aromatic N) is 1. The lowest BCUT2D eigenvalue weighted by Crippen LogP contribution is -2.13. The molecule has 1 amide bonds. The van der Waals surface area contributed by atoms with Crippen molar-refractivity contribution >= 4 is 17.4 Å². The summed E-state index contributed by atoms with van der Waals surface area (Å²) in [5, 5.41) is 2.70. The number of ketones is 1. The number of anilines is 1. The molecule has 0 radical (unpaired) electrons. The summed E-state index contributed by atoms with van der Waals surface area (Å²) in [7, 11) is 0. The normalized spacial score (nSPS) is 10.5. The molecule has 0 saturated heterocycles. The molecule has 2 aromatic heterocycles. The van der Waals surface area contributed by atoms with Gasteiger partial charge in [0.1, 0.15) is 5.76 Å². The van der Waals surface area contributed by atoms with Crippen LogP contribution in [0.15, 0.2) is 51.6 Å². The van der Waals surface area contributed by atoms with E-state index in [4.69, 9.17) is 8.83 Å². The summed E-state index contributed by atoms with van der Waals surface area (Å²) in [6, 6.07) is 10.2. The largest absolute Gasteiger partial charge is 0.458 e. The Bertz CT molecular complexity index is 876. The molecular weight excluding hydrogens is 296 g/mol. The number of rotatable bonds is 4. The van der Waals surface area contributed by atoms with Crippen molar-refractivity contribution in [2.45, 2.75) is 13.8 Å². The molecule has 1 aromatic carbocycles. The zero-order chi connectivity index (χ0) is 16.4. The minimum absolute atomic E-state index is 0.0747. The van der Waals surface area contributed by atoms with Crippen LogP contribution in [0.5, 0.6) is 0 Å². The van der Waals surface area contributed by atoms with E-state index in [1.807, 2.05) is 0 Å². The lowest BCUT2D eigenvalue weighted by molar-refractivity contribution is 0.100. The van der Waals surface area contributed by atoms with E-state index in [0.717, 1.165) is 0 Å². The predicted octanol–water partition coefficient (Wildman–Crippen LogP) is 3.70. The number of aryl methyl sites for hydroxylation is 1. The first kappa shape index (κ1) is 14.8. The fraction of sp³-hybridized carbons (Fsp3) is 0.118. The summed E-state index contributed by atoms with van der Waals surface area (Å²) in [5.74, 6) is 0.885. The molecule has 0 atom stereocenters. The molecule has 23 heavy (non-hydrogen) atoms. The number of oxazole rings is 1. The van der Waals surface area contributed by atoms with Gasteiger partial charge in [0, 0.05) is 11.3 Å². The Labute approximate surface area is 132 Å². The average Bonchev–Trinajstić information content (AvgIpc) is 3.15. The molecular formula is C17H14N2O4. The topological polar surface area (TPSA) is 85.3 Å². The maximum Gasteiger partial charge on any atom is 0.278 e. The number of hydrogen-bond acceptors (Lipinski definition) is 5. The molecule has 6 nitrogen and oxygen atoms in total. The number of carbonyl (C=O) groups excluding carboxylic acids is 2. The molecule has 0 aliphatic heterocycles. The maximum absolute atomic E-state index is 12.4. The highest BCUT2D eigenvalue weighted by atomic mass is 16.4. The summed E-state index contributed by atoms with van der Waals surface area (Å²) in [6.07, 6.45) is 1.19. The summed E-state index contributed by atoms with van der Waals surface area (Å²) in [5.41, 5.74) is 1.14. The average molecular weight is 310 g/mol. The van der Waals surface area contributed by atoms with Gasteiger partial charge in [-0.1, -0.05) is 12.1 Å². The molecule has 6 heteroatoms. The Morgan fingerprint density at radius 2 is 2.00 bits per heavy atom. The number of benzene rings is 1. The van der Waals surface area contributed by atoms with Gasteiger partial charge in [0.15, 0.2) is 23.6 Å². The monoisotopic (exact) mass is 310 g/mol. The van der Waals surface area contributed by atoms with E-state index in [9.17, 15) is 9.59 Å². The molecule has 0 spiro atoms. The molecule has 0 unspecified atom stereocenters. The third-order valence-electron chi connectivity index (χ3n) is 3.27. The second-order valence-corrected chi connectivity index (χ2v) is 5.03. The number of Topliss-reactive ketones (excluding diaryl/α,β-unsaturated/α-hetero) is 1. The molecule has 3 rings (SSSR count). The van der Waals surface area contributed by atoms with Gasteiger partial charge in [-0.2, -0.15) is 0 Å². The zero-order valence-corrected chi connectivity index (χ0v) is 12.6. The van der Waals surface area contributed by atoms with Gasteiger partial charge >= 0.3 is 0 Å². The number of nitrogens with one attached hydrogen (secondary N) is 1. The molecule has 3 aromatic rings. The molecule has 0 saturated carbocycles. The number of carbonyl (C=O) groups is 2. The van der Waals surface area contributed by atoms with Crippen molar-refractivity contribution in [3.63, 3.8) is 0 Å². The Morgan fingerprint density at radius 3 is 2.70 bits per heavy atom. The second-order valence-electron chi connectivity index (χ2n) is 5.03. The van der Waals surface area contributed by atoms with Crippen LogP contribution in [0.3, 0.4) is 0 Å². The fourth-order valence-corrected chi connectivity index (χ4v) is 2.15. The van der Waals surface area contributed by atoms with E-state index < -0.39 is 5.91 Å². The van der Waals surface area contributed by atoms with Crippen molar-refractivity contribution in [3.8, 4) is 11.5 Å². The minimum Gasteiger partial charge on any atom is -0.458 e. The van der Waals surface area contributed by atoms with Gasteiger partial charge in [-0.05, 0) is 38.1 Å². The lowest BCUT2D eigenvalue weighted by atomic mass is 10.1. The van der Waals surface area contributed by atoms with Crippen LogP contribution in [0.4, 0.5) is 5.69 Å². The van der Waals surface area contributed by atoms with Gasteiger partial charge in [0.25, 0.3) is 5.91 Å². The fourth-order valence-electron chi connectivity index (χ4n) is 2.15. The van der Waals surface area contributed by atoms with Crippen LogP contribution >= 0.6 is 0 Å². The number of hydrogen-bond donors (Lipinski definition) is 1. The van der Waals surface area contributed by atoms with E-state index in [2.05, 4.69) is 10.3 Å². The van der Waals surface area contributed by atoms with Gasteiger partial charge in [-0.15, -0.1) is 0 Å². The summed E-state index contributed by atoms with van der Waals surface area (Å²) >= 11 is 0. The zero-order valence-electron chi connectivity index (χ0n) is 12.6. The highest BCUT2D eigenvalue weighted by molar-refractivity contribution is 6.06. The van der Waals surface area contributed by atoms with E-state index in [-0.39, 0.29) is 17.2 Å². The maximum atomic E-state index is 12.4. The Hall–Kier alpha value is -3.15. The van der Waals surface area contributed by atoms with Crippen LogP contribution in [-0.4, -0.2) is 16.7 Å². The van der Waals surface area contributed by atoms with E-state index in [1.54, 1.807) is 43.3 Å². The van der Waals surface area contributed by atoms with Crippen molar-refractivity contribution < 1.29 is 18.4 Å². The number of aromatic nitrogens is 1. The first-order chi connectivity index (χ1) is 11.0. The quantitative estimate of drug-likeness (QED) is 0.743. The van der Waals surface area contributed by atoms with Gasteiger partial charge in [0.2, 0.25) is 5.76 Å². The smallest absolute Gasteiger partial charge is 0.278 e. The van der Waals surface area contributed by atoms with Gasteiger partial charge in [-0.3, -0.25) is 9.59 Å². The standard InChI is InChI=1S/C17H14N2O4/c1-10-6-7-14(23-10)16-15(18-9-22-16)17(21)19-13-5-3-4-12(8-13)11(2)20/h3-9H,1-2H3,(H,19,21). The van der Waals surface area contributed by atoms with Crippen molar-refractivity contribution in [2.75, 3.05) is 5.32 Å². The second kappa shape index (κ2) is 5.92. The van der Waals surface area contributed by atoms with Crippen LogP contribution in [0.25, 0.3) is 11.5 Å². The molecule has 2 heterocycles. The molecule has 116 valence electrons. The van der Waals surface area contributed by atoms with E-state index in [1.165, 1.54) is 13.3 Å². The Kier molecular flexibility index (Phi) is 3.80. The van der Waals surface area contributed by atoms with Gasteiger partial charge < -0.3 is 14.2 Å². The van der Waals surface area contributed by atoms with Crippen LogP contribution in [0, 0.1) is 6.92 Å².